The van der Waals surface area contributed by atoms with Crippen LogP contribution in [0.15, 0.2) is 11.4 Å². The normalized spacial score (nSPS) is 10.5. The Hall–Kier alpha value is -0.780. The van der Waals surface area contributed by atoms with Crippen molar-refractivity contribution >= 4 is 44.4 Å². The molecule has 0 fully saturated rings. The summed E-state index contributed by atoms with van der Waals surface area (Å²) in [7, 11) is 0. The summed E-state index contributed by atoms with van der Waals surface area (Å²) in [5, 5.41) is 7.46. The van der Waals surface area contributed by atoms with Crippen LogP contribution in [-0.4, -0.2) is 11.5 Å². The third-order valence-corrected chi connectivity index (χ3v) is 3.91. The average Bonchev–Trinajstić information content (AvgIpc) is 2.73. The zero-order valence-corrected chi connectivity index (χ0v) is 10.5. The van der Waals surface area contributed by atoms with Crippen molar-refractivity contribution in [3.8, 4) is 10.6 Å². The van der Waals surface area contributed by atoms with Gasteiger partial charge < -0.3 is 11.1 Å². The molecule has 2 heterocycles. The van der Waals surface area contributed by atoms with E-state index < -0.39 is 0 Å². The van der Waals surface area contributed by atoms with E-state index in [4.69, 9.17) is 17.3 Å². The number of hydrogen-bond donors (Lipinski definition) is 2. The molecule has 2 aromatic heterocycles. The molecule has 2 rings (SSSR count). The highest BCUT2D eigenvalue weighted by molar-refractivity contribution is 7.20. The molecule has 0 aliphatic carbocycles. The molecule has 0 aromatic carbocycles. The highest BCUT2D eigenvalue weighted by Crippen LogP contribution is 2.38. The number of anilines is 2. The summed E-state index contributed by atoms with van der Waals surface area (Å²) in [6, 6.07) is 1.90. The lowest BCUT2D eigenvalue weighted by Gasteiger charge is -1.99. The van der Waals surface area contributed by atoms with E-state index in [1.54, 1.807) is 11.3 Å². The first-order valence-electron chi connectivity index (χ1n) is 4.45. The van der Waals surface area contributed by atoms with Crippen LogP contribution in [-0.2, 0) is 0 Å². The van der Waals surface area contributed by atoms with Crippen LogP contribution in [0.4, 0.5) is 10.1 Å². The van der Waals surface area contributed by atoms with Crippen molar-refractivity contribution in [1.29, 1.82) is 0 Å². The Kier molecular flexibility index (Phi) is 3.14. The number of nitrogens with one attached hydrogen (secondary N) is 1. The fraction of sp³-hybridized carbons (Fsp3) is 0.222. The zero-order valence-electron chi connectivity index (χ0n) is 8.08. The Balaban J connectivity index is 2.42. The van der Waals surface area contributed by atoms with Crippen LogP contribution in [0.5, 0.6) is 0 Å². The van der Waals surface area contributed by atoms with E-state index in [0.29, 0.717) is 5.13 Å². The van der Waals surface area contributed by atoms with Gasteiger partial charge in [0.25, 0.3) is 0 Å². The Morgan fingerprint density at radius 3 is 3.00 bits per heavy atom. The monoisotopic (exact) mass is 259 g/mol. The molecule has 15 heavy (non-hydrogen) atoms. The van der Waals surface area contributed by atoms with E-state index in [0.717, 1.165) is 27.1 Å². The first-order valence-corrected chi connectivity index (χ1v) is 6.52. The Morgan fingerprint density at radius 2 is 2.40 bits per heavy atom. The molecular formula is C9H10ClN3S2. The summed E-state index contributed by atoms with van der Waals surface area (Å²) in [6.07, 6.45) is 0. The van der Waals surface area contributed by atoms with E-state index in [1.807, 2.05) is 18.4 Å². The van der Waals surface area contributed by atoms with Crippen molar-refractivity contribution in [3.63, 3.8) is 0 Å². The molecule has 3 nitrogen and oxygen atoms in total. The van der Waals surface area contributed by atoms with Gasteiger partial charge in [0.2, 0.25) is 0 Å². The number of halogens is 1. The fourth-order valence-corrected chi connectivity index (χ4v) is 3.17. The topological polar surface area (TPSA) is 50.9 Å². The van der Waals surface area contributed by atoms with Crippen LogP contribution in [0.1, 0.15) is 6.92 Å². The number of thiazole rings is 1. The van der Waals surface area contributed by atoms with Crippen LogP contribution in [0.25, 0.3) is 10.6 Å². The van der Waals surface area contributed by atoms with Gasteiger partial charge in [0.1, 0.15) is 10.7 Å². The van der Waals surface area contributed by atoms with Crippen LogP contribution >= 0.6 is 34.3 Å². The molecule has 0 aliphatic heterocycles. The van der Waals surface area contributed by atoms with Crippen molar-refractivity contribution in [2.24, 2.45) is 0 Å². The van der Waals surface area contributed by atoms with E-state index in [2.05, 4.69) is 10.3 Å². The Morgan fingerprint density at radius 1 is 1.60 bits per heavy atom. The van der Waals surface area contributed by atoms with Crippen LogP contribution in [0, 0.1) is 0 Å². The number of hydrogen-bond acceptors (Lipinski definition) is 5. The summed E-state index contributed by atoms with van der Waals surface area (Å²) in [5.74, 6) is 0. The van der Waals surface area contributed by atoms with Gasteiger partial charge in [0.05, 0.1) is 9.90 Å². The van der Waals surface area contributed by atoms with Crippen molar-refractivity contribution in [3.05, 3.63) is 16.5 Å². The van der Waals surface area contributed by atoms with Gasteiger partial charge in [-0.1, -0.05) is 22.9 Å². The number of rotatable bonds is 3. The fourth-order valence-electron chi connectivity index (χ4n) is 1.22. The second-order valence-electron chi connectivity index (χ2n) is 2.89. The van der Waals surface area contributed by atoms with Crippen LogP contribution in [0.3, 0.4) is 0 Å². The van der Waals surface area contributed by atoms with Crippen molar-refractivity contribution in [2.45, 2.75) is 6.92 Å². The predicted molar refractivity (Wildman–Crippen MR) is 69.0 cm³/mol. The van der Waals surface area contributed by atoms with Gasteiger partial charge in [-0.15, -0.1) is 11.3 Å². The van der Waals surface area contributed by atoms with Crippen molar-refractivity contribution in [1.82, 2.24) is 4.98 Å². The third-order valence-electron chi connectivity index (χ3n) is 1.78. The number of thiophene rings is 1. The van der Waals surface area contributed by atoms with E-state index in [1.165, 1.54) is 11.3 Å². The first kappa shape index (κ1) is 10.7. The second kappa shape index (κ2) is 4.38. The summed E-state index contributed by atoms with van der Waals surface area (Å²) >= 11 is 8.92. The molecule has 0 atom stereocenters. The highest BCUT2D eigenvalue weighted by Gasteiger charge is 2.12. The molecule has 0 radical (unpaired) electrons. The lowest BCUT2D eigenvalue weighted by molar-refractivity contribution is 1.22. The zero-order chi connectivity index (χ0) is 10.8. The SMILES string of the molecule is CCNc1sc(N)nc1-c1cc(Cl)cs1. The first-order chi connectivity index (χ1) is 7.20. The molecule has 0 saturated carbocycles. The van der Waals surface area contributed by atoms with Crippen molar-refractivity contribution < 1.29 is 0 Å². The highest BCUT2D eigenvalue weighted by atomic mass is 35.5. The molecule has 2 aromatic rings. The molecule has 6 heteroatoms. The quantitative estimate of drug-likeness (QED) is 0.887. The summed E-state index contributed by atoms with van der Waals surface area (Å²) < 4.78 is 0. The third kappa shape index (κ3) is 2.25. The number of nitrogens with zero attached hydrogens (tertiary/aromatic N) is 1. The molecule has 0 bridgehead atoms. The van der Waals surface area contributed by atoms with E-state index in [9.17, 15) is 0 Å². The maximum atomic E-state index is 5.88. The number of nitrogen functional groups attached to an aromatic ring is 1. The van der Waals surface area contributed by atoms with Crippen LogP contribution in [0.2, 0.25) is 5.02 Å². The van der Waals surface area contributed by atoms with Gasteiger partial charge in [-0.25, -0.2) is 4.98 Å². The summed E-state index contributed by atoms with van der Waals surface area (Å²) in [5.41, 5.74) is 6.59. The van der Waals surface area contributed by atoms with E-state index >= 15 is 0 Å². The molecule has 0 unspecified atom stereocenters. The smallest absolute Gasteiger partial charge is 0.182 e. The summed E-state index contributed by atoms with van der Waals surface area (Å²) in [6.45, 7) is 2.90. The summed E-state index contributed by atoms with van der Waals surface area (Å²) in [4.78, 5) is 5.34. The molecule has 80 valence electrons. The van der Waals surface area contributed by atoms with Gasteiger partial charge in [0.15, 0.2) is 5.13 Å². The van der Waals surface area contributed by atoms with Gasteiger partial charge in [-0.3, -0.25) is 0 Å². The number of aromatic nitrogens is 1. The second-order valence-corrected chi connectivity index (χ2v) is 5.27. The lowest BCUT2D eigenvalue weighted by atomic mass is 10.3. The Labute approximate surface area is 101 Å². The molecule has 0 spiro atoms. The van der Waals surface area contributed by atoms with E-state index in [-0.39, 0.29) is 0 Å². The molecule has 3 N–H and O–H groups in total. The number of nitrogens with two attached hydrogens (primary N) is 1. The Bertz CT molecular complexity index is 464. The lowest BCUT2D eigenvalue weighted by Crippen LogP contribution is -1.94. The van der Waals surface area contributed by atoms with Crippen LogP contribution < -0.4 is 11.1 Å². The van der Waals surface area contributed by atoms with Gasteiger partial charge in [-0.2, -0.15) is 0 Å². The predicted octanol–water partition coefficient (Wildman–Crippen LogP) is 3.54. The molecular weight excluding hydrogens is 250 g/mol. The minimum Gasteiger partial charge on any atom is -0.375 e. The standard InChI is InChI=1S/C9H10ClN3S2/c1-2-12-8-7(13-9(11)15-8)6-3-5(10)4-14-6/h3-4,12H,2H2,1H3,(H2,11,13). The van der Waals surface area contributed by atoms with Gasteiger partial charge >= 0.3 is 0 Å². The van der Waals surface area contributed by atoms with Gasteiger partial charge in [-0.05, 0) is 13.0 Å². The molecule has 0 amide bonds. The van der Waals surface area contributed by atoms with Gasteiger partial charge in [0, 0.05) is 11.9 Å². The maximum Gasteiger partial charge on any atom is 0.182 e. The maximum absolute atomic E-state index is 5.88. The van der Waals surface area contributed by atoms with Crippen molar-refractivity contribution in [2.75, 3.05) is 17.6 Å². The molecule has 0 saturated heterocycles. The molecule has 0 aliphatic rings. The minimum atomic E-state index is 0.575. The largest absolute Gasteiger partial charge is 0.375 e. The average molecular weight is 260 g/mol. The minimum absolute atomic E-state index is 0.575.